The van der Waals surface area contributed by atoms with E-state index in [9.17, 15) is 18.0 Å². The van der Waals surface area contributed by atoms with E-state index in [1.54, 1.807) is 0 Å². The lowest BCUT2D eigenvalue weighted by Gasteiger charge is -2.26. The lowest BCUT2D eigenvalue weighted by Crippen LogP contribution is -2.43. The van der Waals surface area contributed by atoms with Crippen molar-refractivity contribution in [2.75, 3.05) is 6.23 Å². The Balaban J connectivity index is 2.37. The van der Waals surface area contributed by atoms with Crippen molar-refractivity contribution in [3.63, 3.8) is 0 Å². The molecule has 2 atom stereocenters. The zero-order valence-electron chi connectivity index (χ0n) is 11.2. The fourth-order valence-electron chi connectivity index (χ4n) is 1.99. The molecule has 108 valence electrons. The molecular weight excluding hydrogens is 297 g/mol. The van der Waals surface area contributed by atoms with E-state index in [1.807, 2.05) is 26.2 Å². The van der Waals surface area contributed by atoms with Crippen LogP contribution in [0.4, 0.5) is 13.2 Å². The van der Waals surface area contributed by atoms with E-state index in [0.717, 1.165) is 0 Å². The van der Waals surface area contributed by atoms with Crippen LogP contribution in [0.3, 0.4) is 0 Å². The first-order valence-electron chi connectivity index (χ1n) is 6.04. The molecule has 0 aromatic heterocycles. The molecular formula is C9H21F3O3Si3. The van der Waals surface area contributed by atoms with E-state index >= 15 is 0 Å². The Labute approximate surface area is 109 Å². The van der Waals surface area contributed by atoms with Crippen LogP contribution >= 0.6 is 0 Å². The molecule has 0 spiro atoms. The summed E-state index contributed by atoms with van der Waals surface area (Å²) >= 11 is 0. The third-order valence-corrected chi connectivity index (χ3v) is 11.4. The van der Waals surface area contributed by atoms with Crippen molar-refractivity contribution in [3.8, 4) is 0 Å². The lowest BCUT2D eigenvalue weighted by atomic mass is 10.3. The van der Waals surface area contributed by atoms with Crippen molar-refractivity contribution in [2.24, 2.45) is 0 Å². The lowest BCUT2D eigenvalue weighted by molar-refractivity contribution is -0.133. The quantitative estimate of drug-likeness (QED) is 0.765. The Kier molecular flexibility index (Phi) is 4.88. The molecule has 1 aliphatic rings. The fraction of sp³-hybridized carbons (Fsp3) is 1.00. The molecule has 1 N–H and O–H groups in total. The highest BCUT2D eigenvalue weighted by Crippen LogP contribution is 2.52. The van der Waals surface area contributed by atoms with Gasteiger partial charge in [-0.05, 0) is 37.8 Å². The van der Waals surface area contributed by atoms with E-state index in [2.05, 4.69) is 0 Å². The molecule has 1 rings (SSSR count). The summed E-state index contributed by atoms with van der Waals surface area (Å²) < 4.78 is 47.9. The average molecular weight is 319 g/mol. The van der Waals surface area contributed by atoms with Crippen molar-refractivity contribution in [2.45, 2.75) is 50.4 Å². The molecule has 0 aromatic carbocycles. The number of hydrogen-bond acceptors (Lipinski definition) is 3. The van der Waals surface area contributed by atoms with Gasteiger partial charge in [0.15, 0.2) is 9.04 Å². The molecule has 1 saturated heterocycles. The number of halogens is 3. The molecule has 0 aliphatic carbocycles. The Morgan fingerprint density at radius 1 is 1.39 bits per heavy atom. The third-order valence-electron chi connectivity index (χ3n) is 2.87. The smallest absolute Gasteiger partial charge is 0.389 e. The molecule has 0 amide bonds. The van der Waals surface area contributed by atoms with E-state index < -0.39 is 44.1 Å². The van der Waals surface area contributed by atoms with Gasteiger partial charge in [-0.3, -0.25) is 0 Å². The summed E-state index contributed by atoms with van der Waals surface area (Å²) in [7, 11) is -6.27. The van der Waals surface area contributed by atoms with Crippen molar-refractivity contribution < 1.29 is 26.5 Å². The maximum absolute atomic E-state index is 12.2. The Morgan fingerprint density at radius 2 is 1.94 bits per heavy atom. The van der Waals surface area contributed by atoms with Crippen LogP contribution in [-0.4, -0.2) is 43.1 Å². The summed E-state index contributed by atoms with van der Waals surface area (Å²) in [5.74, 6) is 0. The maximum Gasteiger partial charge on any atom is 0.389 e. The van der Waals surface area contributed by atoms with Crippen LogP contribution in [0.2, 0.25) is 37.8 Å². The molecule has 3 nitrogen and oxygen atoms in total. The van der Waals surface area contributed by atoms with Gasteiger partial charge in [-0.2, -0.15) is 13.2 Å². The van der Waals surface area contributed by atoms with E-state index in [4.69, 9.17) is 8.54 Å². The fourth-order valence-corrected chi connectivity index (χ4v) is 11.7. The monoisotopic (exact) mass is 318 g/mol. The topological polar surface area (TPSA) is 38.7 Å². The molecule has 0 bridgehead atoms. The largest absolute Gasteiger partial charge is 0.439 e. The van der Waals surface area contributed by atoms with Crippen molar-refractivity contribution in [1.82, 2.24) is 0 Å². The minimum absolute atomic E-state index is 0.0914. The van der Waals surface area contributed by atoms with Crippen LogP contribution in [0.1, 0.15) is 6.42 Å². The van der Waals surface area contributed by atoms with Crippen LogP contribution in [0.5, 0.6) is 0 Å². The zero-order chi connectivity index (χ0) is 14.2. The van der Waals surface area contributed by atoms with Gasteiger partial charge < -0.3 is 13.3 Å². The predicted molar refractivity (Wildman–Crippen MR) is 70.6 cm³/mol. The molecule has 2 unspecified atom stereocenters. The highest BCUT2D eigenvalue weighted by molar-refractivity contribution is 6.85. The van der Waals surface area contributed by atoms with Crippen LogP contribution < -0.4 is 0 Å². The van der Waals surface area contributed by atoms with Gasteiger partial charge in [-0.1, -0.05) is 0 Å². The Morgan fingerprint density at radius 3 is 2.39 bits per heavy atom. The molecule has 0 saturated carbocycles. The second kappa shape index (κ2) is 5.37. The number of alkyl halides is 3. The van der Waals surface area contributed by atoms with E-state index in [0.29, 0.717) is 6.04 Å². The zero-order valence-corrected chi connectivity index (χ0v) is 14.3. The maximum atomic E-state index is 12.2. The minimum Gasteiger partial charge on any atom is -0.439 e. The van der Waals surface area contributed by atoms with Crippen LogP contribution in [0.15, 0.2) is 0 Å². The standard InChI is InChI=1S/C9H21F3O3Si3/c1-16(2)15-17(3,4)14-7-18(13)6-8(18)5-9(10,11)12/h8,13,16H,5-7H2,1-4H3. The predicted octanol–water partition coefficient (Wildman–Crippen LogP) is 2.52. The van der Waals surface area contributed by atoms with Crippen molar-refractivity contribution in [1.29, 1.82) is 0 Å². The third kappa shape index (κ3) is 5.53. The normalized spacial score (nSPS) is 28.8. The molecule has 1 aliphatic heterocycles. The van der Waals surface area contributed by atoms with Crippen LogP contribution in [-0.2, 0) is 8.54 Å². The summed E-state index contributed by atoms with van der Waals surface area (Å²) in [5, 5.41) is 0. The summed E-state index contributed by atoms with van der Waals surface area (Å²) in [6.45, 7) is 7.79. The molecule has 1 heterocycles. The minimum atomic E-state index is -4.18. The summed E-state index contributed by atoms with van der Waals surface area (Å²) in [5.41, 5.74) is -0.585. The van der Waals surface area contributed by atoms with Gasteiger partial charge in [0.1, 0.15) is 0 Å². The van der Waals surface area contributed by atoms with E-state index in [1.165, 1.54) is 0 Å². The van der Waals surface area contributed by atoms with Gasteiger partial charge in [0, 0.05) is 6.42 Å². The Hall–Kier alpha value is 0.321. The first kappa shape index (κ1) is 16.4. The average Bonchev–Trinajstić information content (AvgIpc) is 2.69. The van der Waals surface area contributed by atoms with Gasteiger partial charge in [0.25, 0.3) is 0 Å². The van der Waals surface area contributed by atoms with Gasteiger partial charge in [-0.15, -0.1) is 0 Å². The first-order valence-corrected chi connectivity index (χ1v) is 14.1. The Bertz CT molecular complexity index is 299. The number of hydrogen-bond donors (Lipinski definition) is 1. The van der Waals surface area contributed by atoms with Gasteiger partial charge in [0.05, 0.1) is 6.23 Å². The highest BCUT2D eigenvalue weighted by Gasteiger charge is 2.60. The van der Waals surface area contributed by atoms with Crippen LogP contribution in [0.25, 0.3) is 0 Å². The second-order valence-electron chi connectivity index (χ2n) is 5.68. The first-order chi connectivity index (χ1) is 7.94. The molecule has 9 heteroatoms. The molecule has 0 aromatic rings. The summed E-state index contributed by atoms with van der Waals surface area (Å²) in [4.78, 5) is 10.0. The van der Waals surface area contributed by atoms with Crippen molar-refractivity contribution >= 4 is 25.9 Å². The van der Waals surface area contributed by atoms with Crippen LogP contribution in [0, 0.1) is 0 Å². The summed E-state index contributed by atoms with van der Waals surface area (Å²) in [6.07, 6.45) is -4.97. The van der Waals surface area contributed by atoms with Gasteiger partial charge in [0.2, 0.25) is 8.32 Å². The molecule has 18 heavy (non-hydrogen) atoms. The van der Waals surface area contributed by atoms with Gasteiger partial charge >= 0.3 is 14.7 Å². The highest BCUT2D eigenvalue weighted by atomic mass is 28.4. The molecule has 1 fully saturated rings. The van der Waals surface area contributed by atoms with E-state index in [-0.39, 0.29) is 6.23 Å². The SMILES string of the molecule is C[SiH](C)O[Si](C)(C)OC[Si]1(O)CC1CC(F)(F)F. The molecule has 0 radical (unpaired) electrons. The summed E-state index contributed by atoms with van der Waals surface area (Å²) in [6, 6.07) is 0.302. The van der Waals surface area contributed by atoms with Gasteiger partial charge in [-0.25, -0.2) is 0 Å². The van der Waals surface area contributed by atoms with Crippen molar-refractivity contribution in [3.05, 3.63) is 0 Å². The number of rotatable bonds is 6. The second-order valence-corrected chi connectivity index (χ2v) is 15.5.